The van der Waals surface area contributed by atoms with E-state index in [1.807, 2.05) is 36.4 Å². The lowest BCUT2D eigenvalue weighted by molar-refractivity contribution is 0.415. The zero-order valence-electron chi connectivity index (χ0n) is 17.1. The average Bonchev–Trinajstić information content (AvgIpc) is 3.14. The van der Waals surface area contributed by atoms with Crippen LogP contribution in [0.2, 0.25) is 0 Å². The molecule has 2 heterocycles. The lowest BCUT2D eigenvalue weighted by Crippen LogP contribution is -2.26. The van der Waals surface area contributed by atoms with Gasteiger partial charge in [0.2, 0.25) is 0 Å². The number of hydrogen-bond acceptors (Lipinski definition) is 5. The second kappa shape index (κ2) is 7.56. The maximum absolute atomic E-state index is 6.46. The molecule has 0 bridgehead atoms. The van der Waals surface area contributed by atoms with Crippen molar-refractivity contribution >= 4 is 22.5 Å². The molecule has 4 aromatic rings. The monoisotopic (exact) mass is 387 g/mol. The number of hydrazine groups is 1. The molecule has 4 rings (SSSR count). The molecule has 6 nitrogen and oxygen atoms in total. The fourth-order valence-corrected chi connectivity index (χ4v) is 3.55. The predicted octanol–water partition coefficient (Wildman–Crippen LogP) is 5.01. The Morgan fingerprint density at radius 1 is 1.00 bits per heavy atom. The molecule has 0 spiro atoms. The number of aryl methyl sites for hydroxylation is 1. The Labute approximate surface area is 170 Å². The smallest absolute Gasteiger partial charge is 0.160 e. The first-order valence-corrected chi connectivity index (χ1v) is 9.61. The average molecular weight is 387 g/mol. The van der Waals surface area contributed by atoms with Gasteiger partial charge >= 0.3 is 0 Å². The third-order valence-electron chi connectivity index (χ3n) is 5.05. The summed E-state index contributed by atoms with van der Waals surface area (Å²) in [7, 11) is 1.67. The van der Waals surface area contributed by atoms with Crippen LogP contribution in [-0.4, -0.2) is 21.6 Å². The summed E-state index contributed by atoms with van der Waals surface area (Å²) in [5.41, 5.74) is 5.07. The molecule has 0 aliphatic heterocycles. The molecule has 0 aliphatic carbocycles. The van der Waals surface area contributed by atoms with Crippen molar-refractivity contribution < 1.29 is 4.74 Å². The largest absolute Gasteiger partial charge is 0.497 e. The molecule has 0 aliphatic rings. The van der Waals surface area contributed by atoms with Crippen molar-refractivity contribution in [2.75, 3.05) is 12.1 Å². The summed E-state index contributed by atoms with van der Waals surface area (Å²) < 4.78 is 7.51. The van der Waals surface area contributed by atoms with Gasteiger partial charge in [-0.1, -0.05) is 17.7 Å². The topological polar surface area (TPSA) is 69.2 Å². The van der Waals surface area contributed by atoms with Gasteiger partial charge in [0.05, 0.1) is 23.9 Å². The number of ether oxygens (including phenoxy) is 1. The van der Waals surface area contributed by atoms with Crippen molar-refractivity contribution in [3.8, 4) is 17.0 Å². The van der Waals surface area contributed by atoms with Crippen LogP contribution in [0, 0.1) is 6.92 Å². The van der Waals surface area contributed by atoms with Gasteiger partial charge in [0.15, 0.2) is 5.82 Å². The van der Waals surface area contributed by atoms with Crippen LogP contribution in [0.25, 0.3) is 22.3 Å². The van der Waals surface area contributed by atoms with Gasteiger partial charge in [-0.05, 0) is 68.8 Å². The normalized spacial score (nSPS) is 11.2. The summed E-state index contributed by atoms with van der Waals surface area (Å²) in [5, 5.41) is 2.53. The van der Waals surface area contributed by atoms with E-state index in [4.69, 9.17) is 10.6 Å². The number of nitrogens with zero attached hydrogens (tertiary/aromatic N) is 4. The second-order valence-corrected chi connectivity index (χ2v) is 7.36. The van der Waals surface area contributed by atoms with Gasteiger partial charge in [-0.25, -0.2) is 15.8 Å². The Morgan fingerprint density at radius 3 is 2.31 bits per heavy atom. The predicted molar refractivity (Wildman–Crippen MR) is 117 cm³/mol. The molecule has 6 heteroatoms. The highest BCUT2D eigenvalue weighted by molar-refractivity contribution is 5.94. The maximum atomic E-state index is 6.46. The lowest BCUT2D eigenvalue weighted by atomic mass is 10.1. The third-order valence-corrected chi connectivity index (χ3v) is 5.05. The highest BCUT2D eigenvalue weighted by Crippen LogP contribution is 2.35. The van der Waals surface area contributed by atoms with Crippen molar-refractivity contribution in [3.05, 3.63) is 66.5 Å². The molecule has 0 atom stereocenters. The fourth-order valence-electron chi connectivity index (χ4n) is 3.55. The molecule has 2 N–H and O–H groups in total. The minimum atomic E-state index is 0.220. The number of methoxy groups -OCH3 is 1. The minimum absolute atomic E-state index is 0.220. The Bertz CT molecular complexity index is 1130. The van der Waals surface area contributed by atoms with E-state index >= 15 is 0 Å². The van der Waals surface area contributed by atoms with Crippen LogP contribution in [-0.2, 0) is 0 Å². The van der Waals surface area contributed by atoms with Crippen LogP contribution in [0.4, 0.5) is 11.5 Å². The Balaban J connectivity index is 1.89. The van der Waals surface area contributed by atoms with Crippen molar-refractivity contribution in [1.82, 2.24) is 14.5 Å². The first kappa shape index (κ1) is 19.0. The van der Waals surface area contributed by atoms with Crippen molar-refractivity contribution in [2.45, 2.75) is 26.8 Å². The van der Waals surface area contributed by atoms with E-state index in [9.17, 15) is 0 Å². The maximum Gasteiger partial charge on any atom is 0.160 e. The van der Waals surface area contributed by atoms with Crippen molar-refractivity contribution in [2.24, 2.45) is 5.84 Å². The number of benzene rings is 2. The second-order valence-electron chi connectivity index (χ2n) is 7.36. The van der Waals surface area contributed by atoms with E-state index < -0.39 is 0 Å². The zero-order chi connectivity index (χ0) is 20.5. The number of nitrogens with two attached hydrogens (primary N) is 1. The molecule has 148 valence electrons. The SMILES string of the molecule is COc1ccc(-c2cc3c(N(N)c4ccc(C)cc4)ncnc3n2C(C)C)cc1. The molecular weight excluding hydrogens is 362 g/mol. The Morgan fingerprint density at radius 2 is 1.69 bits per heavy atom. The molecule has 29 heavy (non-hydrogen) atoms. The van der Waals surface area contributed by atoms with Crippen LogP contribution in [0.5, 0.6) is 5.75 Å². The van der Waals surface area contributed by atoms with Crippen LogP contribution in [0.15, 0.2) is 60.9 Å². The van der Waals surface area contributed by atoms with E-state index in [0.717, 1.165) is 33.7 Å². The standard InChI is InChI=1S/C23H25N5O/c1-15(2)27-21(17-7-11-19(29-4)12-8-17)13-20-22(27)25-14-26-23(20)28(24)18-9-5-16(3)6-10-18/h5-15H,24H2,1-4H3. The van der Waals surface area contributed by atoms with E-state index in [1.165, 1.54) is 5.56 Å². The first-order valence-electron chi connectivity index (χ1n) is 9.61. The zero-order valence-corrected chi connectivity index (χ0v) is 17.1. The molecule has 0 saturated carbocycles. The number of fused-ring (bicyclic) bond motifs is 1. The van der Waals surface area contributed by atoms with Gasteiger partial charge in [-0.3, -0.25) is 5.01 Å². The number of aromatic nitrogens is 3. The number of hydrogen-bond donors (Lipinski definition) is 1. The molecule has 2 aromatic carbocycles. The van der Waals surface area contributed by atoms with Gasteiger partial charge in [-0.15, -0.1) is 0 Å². The third kappa shape index (κ3) is 3.43. The van der Waals surface area contributed by atoms with Crippen LogP contribution < -0.4 is 15.6 Å². The van der Waals surface area contributed by atoms with Gasteiger partial charge < -0.3 is 9.30 Å². The van der Waals surface area contributed by atoms with Gasteiger partial charge in [0.1, 0.15) is 17.7 Å². The van der Waals surface area contributed by atoms with Crippen molar-refractivity contribution in [1.29, 1.82) is 0 Å². The lowest BCUT2D eigenvalue weighted by Gasteiger charge is -2.19. The highest BCUT2D eigenvalue weighted by atomic mass is 16.5. The van der Waals surface area contributed by atoms with Gasteiger partial charge in [0.25, 0.3) is 0 Å². The fraction of sp³-hybridized carbons (Fsp3) is 0.217. The van der Waals surface area contributed by atoms with Crippen LogP contribution in [0.1, 0.15) is 25.5 Å². The minimum Gasteiger partial charge on any atom is -0.497 e. The molecule has 0 fully saturated rings. The Kier molecular flexibility index (Phi) is 4.94. The summed E-state index contributed by atoms with van der Waals surface area (Å²) in [6.45, 7) is 6.35. The van der Waals surface area contributed by atoms with E-state index in [2.05, 4.69) is 53.5 Å². The number of rotatable bonds is 5. The van der Waals surface area contributed by atoms with Crippen LogP contribution >= 0.6 is 0 Å². The summed E-state index contributed by atoms with van der Waals surface area (Å²) in [6, 6.07) is 18.4. The summed E-state index contributed by atoms with van der Waals surface area (Å²) in [6.07, 6.45) is 1.57. The quantitative estimate of drug-likeness (QED) is 0.385. The van der Waals surface area contributed by atoms with Crippen molar-refractivity contribution in [3.63, 3.8) is 0 Å². The van der Waals surface area contributed by atoms with Gasteiger partial charge in [-0.2, -0.15) is 0 Å². The highest BCUT2D eigenvalue weighted by Gasteiger charge is 2.20. The summed E-state index contributed by atoms with van der Waals surface area (Å²) >= 11 is 0. The van der Waals surface area contributed by atoms with Crippen LogP contribution in [0.3, 0.4) is 0 Å². The molecule has 0 amide bonds. The van der Waals surface area contributed by atoms with Gasteiger partial charge in [0, 0.05) is 6.04 Å². The molecule has 0 saturated heterocycles. The number of anilines is 2. The molecule has 0 radical (unpaired) electrons. The Hall–Kier alpha value is -3.38. The summed E-state index contributed by atoms with van der Waals surface area (Å²) in [5.74, 6) is 7.96. The molecular formula is C23H25N5O. The summed E-state index contributed by atoms with van der Waals surface area (Å²) in [4.78, 5) is 9.08. The van der Waals surface area contributed by atoms with E-state index in [1.54, 1.807) is 18.4 Å². The molecule has 2 aromatic heterocycles. The molecule has 0 unspecified atom stereocenters. The van der Waals surface area contributed by atoms with E-state index in [-0.39, 0.29) is 6.04 Å². The van der Waals surface area contributed by atoms with E-state index in [0.29, 0.717) is 5.82 Å². The first-order chi connectivity index (χ1) is 14.0.